The van der Waals surface area contributed by atoms with Crippen LogP contribution < -0.4 is 14.8 Å². The standard InChI is InChI=1S/C43H43NO3Si/c1-31(42-44-40(32-19-9-5-10-20-32)41(46-42)33-21-11-6-12-22-33)45-38-29-17-28-37-36(38)27-18-30-39(37)47-48(43(2,3)4,34-23-13-7-14-24-34)35-25-15-8-16-26-35/h5-16,18-27,30-31,38H,17,28-29H2,1-4H3/t31?,38-/m1/s1. The van der Waals surface area contributed by atoms with Crippen molar-refractivity contribution in [3.63, 3.8) is 0 Å². The Morgan fingerprint density at radius 3 is 1.85 bits per heavy atom. The first kappa shape index (κ1) is 31.9. The van der Waals surface area contributed by atoms with Crippen LogP contribution in [-0.4, -0.2) is 13.3 Å². The van der Waals surface area contributed by atoms with E-state index in [0.717, 1.165) is 47.6 Å². The largest absolute Gasteiger partial charge is 0.534 e. The summed E-state index contributed by atoms with van der Waals surface area (Å²) in [6, 6.07) is 48.6. The highest BCUT2D eigenvalue weighted by atomic mass is 28.4. The summed E-state index contributed by atoms with van der Waals surface area (Å²) >= 11 is 0. The van der Waals surface area contributed by atoms with Crippen molar-refractivity contribution in [2.24, 2.45) is 0 Å². The summed E-state index contributed by atoms with van der Waals surface area (Å²) in [4.78, 5) is 5.03. The minimum absolute atomic E-state index is 0.0984. The van der Waals surface area contributed by atoms with Gasteiger partial charge in [0.05, 0.1) is 6.10 Å². The lowest BCUT2D eigenvalue weighted by Crippen LogP contribution is -2.69. The van der Waals surface area contributed by atoms with Gasteiger partial charge in [0.15, 0.2) is 5.76 Å². The number of oxazole rings is 1. The first-order valence-electron chi connectivity index (χ1n) is 17.0. The van der Waals surface area contributed by atoms with Gasteiger partial charge in [-0.15, -0.1) is 0 Å². The maximum atomic E-state index is 7.54. The third kappa shape index (κ3) is 6.04. The maximum absolute atomic E-state index is 7.54. The van der Waals surface area contributed by atoms with Crippen LogP contribution in [0.25, 0.3) is 22.6 Å². The minimum atomic E-state index is -2.79. The molecule has 0 bridgehead atoms. The quantitative estimate of drug-likeness (QED) is 0.146. The number of ether oxygens (including phenoxy) is 1. The molecule has 0 N–H and O–H groups in total. The molecular weight excluding hydrogens is 607 g/mol. The van der Waals surface area contributed by atoms with E-state index in [9.17, 15) is 0 Å². The van der Waals surface area contributed by atoms with Crippen molar-refractivity contribution >= 4 is 18.7 Å². The van der Waals surface area contributed by atoms with Crippen LogP contribution >= 0.6 is 0 Å². The van der Waals surface area contributed by atoms with E-state index in [0.29, 0.717) is 5.89 Å². The van der Waals surface area contributed by atoms with Gasteiger partial charge in [-0.1, -0.05) is 154 Å². The normalized spacial score (nSPS) is 15.5. The zero-order chi connectivity index (χ0) is 33.1. The Bertz CT molecular complexity index is 1850. The molecule has 1 aromatic heterocycles. The second-order valence-corrected chi connectivity index (χ2v) is 17.9. The topological polar surface area (TPSA) is 44.5 Å². The van der Waals surface area contributed by atoms with Gasteiger partial charge in [0.25, 0.3) is 0 Å². The van der Waals surface area contributed by atoms with E-state index < -0.39 is 8.32 Å². The van der Waals surface area contributed by atoms with E-state index in [1.807, 2.05) is 43.3 Å². The van der Waals surface area contributed by atoms with Crippen molar-refractivity contribution in [2.45, 2.75) is 64.2 Å². The molecule has 2 atom stereocenters. The first-order valence-corrected chi connectivity index (χ1v) is 18.9. The Morgan fingerprint density at radius 2 is 1.27 bits per heavy atom. The van der Waals surface area contributed by atoms with Gasteiger partial charge >= 0.3 is 8.32 Å². The summed E-state index contributed by atoms with van der Waals surface area (Å²) in [5.74, 6) is 2.31. The van der Waals surface area contributed by atoms with Gasteiger partial charge < -0.3 is 13.6 Å². The lowest BCUT2D eigenvalue weighted by molar-refractivity contribution is -0.0265. The summed E-state index contributed by atoms with van der Waals surface area (Å²) < 4.78 is 20.9. The molecule has 0 saturated heterocycles. The number of nitrogens with zero attached hydrogens (tertiary/aromatic N) is 1. The number of rotatable bonds is 9. The first-order chi connectivity index (χ1) is 23.3. The lowest BCUT2D eigenvalue weighted by Gasteiger charge is -2.43. The van der Waals surface area contributed by atoms with Crippen molar-refractivity contribution < 1.29 is 13.6 Å². The number of hydrogen-bond donors (Lipinski definition) is 0. The summed E-state index contributed by atoms with van der Waals surface area (Å²) in [5, 5.41) is 2.41. The molecule has 0 spiro atoms. The Hall–Kier alpha value is -4.71. The third-order valence-corrected chi connectivity index (χ3v) is 14.5. The summed E-state index contributed by atoms with van der Waals surface area (Å²) in [7, 11) is -2.79. The van der Waals surface area contributed by atoms with E-state index in [1.54, 1.807) is 0 Å². The fraction of sp³-hybridized carbons (Fsp3) is 0.233. The van der Waals surface area contributed by atoms with Crippen molar-refractivity contribution in [3.8, 4) is 28.3 Å². The third-order valence-electron chi connectivity index (χ3n) is 9.53. The van der Waals surface area contributed by atoms with Gasteiger partial charge in [-0.3, -0.25) is 0 Å². The highest BCUT2D eigenvalue weighted by Crippen LogP contribution is 2.44. The molecule has 1 aliphatic carbocycles. The van der Waals surface area contributed by atoms with E-state index in [1.165, 1.54) is 21.5 Å². The molecule has 0 aliphatic heterocycles. The van der Waals surface area contributed by atoms with E-state index in [-0.39, 0.29) is 17.2 Å². The molecule has 0 radical (unpaired) electrons. The molecule has 48 heavy (non-hydrogen) atoms. The number of hydrogen-bond acceptors (Lipinski definition) is 4. The lowest BCUT2D eigenvalue weighted by atomic mass is 9.88. The molecule has 0 amide bonds. The molecule has 0 saturated carbocycles. The van der Waals surface area contributed by atoms with Crippen LogP contribution in [0.4, 0.5) is 0 Å². The molecule has 4 nitrogen and oxygen atoms in total. The van der Waals surface area contributed by atoms with Gasteiger partial charge in [0.1, 0.15) is 17.5 Å². The van der Waals surface area contributed by atoms with Gasteiger partial charge in [-0.2, -0.15) is 0 Å². The van der Waals surface area contributed by atoms with Crippen molar-refractivity contribution in [1.82, 2.24) is 4.98 Å². The number of fused-ring (bicyclic) bond motifs is 1. The molecule has 7 rings (SSSR count). The highest BCUT2D eigenvalue weighted by molar-refractivity contribution is 7.00. The predicted molar refractivity (Wildman–Crippen MR) is 197 cm³/mol. The van der Waals surface area contributed by atoms with Crippen molar-refractivity contribution in [3.05, 3.63) is 157 Å². The maximum Gasteiger partial charge on any atom is 0.319 e. The van der Waals surface area contributed by atoms with Crippen LogP contribution in [0.15, 0.2) is 144 Å². The SMILES string of the molecule is CC(O[C@@H]1CCCc2c(O[Si](c3ccccc3)(c3ccccc3)C(C)(C)C)cccc21)c1nc(-c2ccccc2)c(-c2ccccc2)o1. The van der Waals surface area contributed by atoms with E-state index in [4.69, 9.17) is 18.6 Å². The highest BCUT2D eigenvalue weighted by Gasteiger charge is 2.52. The molecular formula is C43H43NO3Si. The fourth-order valence-corrected chi connectivity index (χ4v) is 11.7. The van der Waals surface area contributed by atoms with Crippen molar-refractivity contribution in [2.75, 3.05) is 0 Å². The fourth-order valence-electron chi connectivity index (χ4n) is 7.21. The summed E-state index contributed by atoms with van der Waals surface area (Å²) in [5.41, 5.74) is 5.29. The Morgan fingerprint density at radius 1 is 0.708 bits per heavy atom. The molecule has 242 valence electrons. The van der Waals surface area contributed by atoms with Crippen LogP contribution in [0.2, 0.25) is 5.04 Å². The average Bonchev–Trinajstić information content (AvgIpc) is 3.58. The molecule has 1 unspecified atom stereocenters. The molecule has 0 fully saturated rings. The van der Waals surface area contributed by atoms with Crippen LogP contribution in [0.3, 0.4) is 0 Å². The summed E-state index contributed by atoms with van der Waals surface area (Å²) in [6.07, 6.45) is 2.45. The Balaban J connectivity index is 1.24. The average molecular weight is 650 g/mol. The second-order valence-electron chi connectivity index (χ2n) is 13.7. The van der Waals surface area contributed by atoms with E-state index >= 15 is 0 Å². The van der Waals surface area contributed by atoms with Crippen LogP contribution in [0, 0.1) is 0 Å². The smallest absolute Gasteiger partial charge is 0.319 e. The van der Waals surface area contributed by atoms with Gasteiger partial charge in [-0.25, -0.2) is 4.98 Å². The molecule has 5 aromatic carbocycles. The molecule has 1 aliphatic rings. The second kappa shape index (κ2) is 13.4. The van der Waals surface area contributed by atoms with E-state index in [2.05, 4.69) is 124 Å². The minimum Gasteiger partial charge on any atom is -0.534 e. The Kier molecular flexibility index (Phi) is 8.91. The number of benzene rings is 5. The number of aromatic nitrogens is 1. The zero-order valence-electron chi connectivity index (χ0n) is 28.2. The van der Waals surface area contributed by atoms with Crippen LogP contribution in [0.1, 0.15) is 69.8 Å². The summed E-state index contributed by atoms with van der Waals surface area (Å²) in [6.45, 7) is 9.02. The van der Waals surface area contributed by atoms with Crippen LogP contribution in [-0.2, 0) is 11.2 Å². The van der Waals surface area contributed by atoms with Gasteiger partial charge in [0.2, 0.25) is 5.89 Å². The molecule has 5 heteroatoms. The molecule has 6 aromatic rings. The van der Waals surface area contributed by atoms with Gasteiger partial charge in [-0.05, 0) is 58.8 Å². The van der Waals surface area contributed by atoms with Crippen LogP contribution in [0.5, 0.6) is 5.75 Å². The zero-order valence-corrected chi connectivity index (χ0v) is 29.2. The molecule has 1 heterocycles. The Labute approximate surface area is 285 Å². The predicted octanol–water partition coefficient (Wildman–Crippen LogP) is 10.1. The monoisotopic (exact) mass is 649 g/mol. The van der Waals surface area contributed by atoms with Gasteiger partial charge in [0, 0.05) is 11.1 Å². The van der Waals surface area contributed by atoms with Crippen molar-refractivity contribution in [1.29, 1.82) is 0 Å².